The molecule has 4 heteroatoms. The maximum atomic E-state index is 11.0. The minimum absolute atomic E-state index is 0.0991. The van der Waals surface area contributed by atoms with Gasteiger partial charge < -0.3 is 14.3 Å². The number of hydrogen-bond acceptors (Lipinski definition) is 2. The molecule has 4 nitrogen and oxygen atoms in total. The van der Waals surface area contributed by atoms with Gasteiger partial charge in [-0.2, -0.15) is 0 Å². The molecule has 0 rings (SSSR count). The number of nitrogens with zero attached hydrogens (tertiary/aromatic N) is 1. The minimum Gasteiger partial charge on any atom is -0.481 e. The van der Waals surface area contributed by atoms with Crippen molar-refractivity contribution in [1.82, 2.24) is 0 Å². The Hall–Kier alpha value is -0.870. The number of carboxylic acid groups (broad SMARTS) is 1. The molecular weight excluding hydrogens is 362 g/mol. The van der Waals surface area contributed by atoms with E-state index in [1.165, 1.54) is 83.5 Å². The van der Waals surface area contributed by atoms with Crippen LogP contribution in [-0.4, -0.2) is 56.0 Å². The molecule has 29 heavy (non-hydrogen) atoms. The number of carboxylic acids is 1. The van der Waals surface area contributed by atoms with Crippen molar-refractivity contribution in [3.8, 4) is 0 Å². The Labute approximate surface area is 181 Å². The summed E-state index contributed by atoms with van der Waals surface area (Å²) in [4.78, 5) is 11.0. The first kappa shape index (κ1) is 28.1. The zero-order valence-electron chi connectivity index (χ0n) is 20.0. The van der Waals surface area contributed by atoms with Gasteiger partial charge in [-0.25, -0.2) is 0 Å². The molecule has 0 bridgehead atoms. The SMILES string of the molecule is CCCCCCCC/C=C\CCCCCCCCO[C@H](CC(=O)O)C[N+](C)(C)C. The first-order valence-corrected chi connectivity index (χ1v) is 12.1. The van der Waals surface area contributed by atoms with Gasteiger partial charge in [0.15, 0.2) is 0 Å². The van der Waals surface area contributed by atoms with Crippen molar-refractivity contribution < 1.29 is 19.1 Å². The van der Waals surface area contributed by atoms with Crippen molar-refractivity contribution >= 4 is 5.97 Å². The van der Waals surface area contributed by atoms with Gasteiger partial charge in [-0.1, -0.05) is 76.9 Å². The number of hydrogen-bond donors (Lipinski definition) is 1. The third-order valence-corrected chi connectivity index (χ3v) is 5.16. The Morgan fingerprint density at radius 2 is 1.31 bits per heavy atom. The fourth-order valence-electron chi connectivity index (χ4n) is 3.58. The van der Waals surface area contributed by atoms with Gasteiger partial charge in [0.1, 0.15) is 12.6 Å². The lowest BCUT2D eigenvalue weighted by Gasteiger charge is -2.28. The van der Waals surface area contributed by atoms with Crippen LogP contribution >= 0.6 is 0 Å². The summed E-state index contributed by atoms with van der Waals surface area (Å²) in [5.41, 5.74) is 0. The summed E-state index contributed by atoms with van der Waals surface area (Å²) in [7, 11) is 6.21. The Morgan fingerprint density at radius 1 is 0.828 bits per heavy atom. The predicted molar refractivity (Wildman–Crippen MR) is 124 cm³/mol. The van der Waals surface area contributed by atoms with E-state index in [0.717, 1.165) is 17.4 Å². The van der Waals surface area contributed by atoms with Crippen molar-refractivity contribution in [2.24, 2.45) is 0 Å². The average molecular weight is 413 g/mol. The molecule has 0 saturated carbocycles. The van der Waals surface area contributed by atoms with Gasteiger partial charge >= 0.3 is 5.97 Å². The van der Waals surface area contributed by atoms with E-state index in [2.05, 4.69) is 40.2 Å². The summed E-state index contributed by atoms with van der Waals surface area (Å²) in [6, 6.07) is 0. The van der Waals surface area contributed by atoms with Gasteiger partial charge in [-0.05, 0) is 32.1 Å². The van der Waals surface area contributed by atoms with E-state index >= 15 is 0 Å². The first-order valence-electron chi connectivity index (χ1n) is 12.1. The largest absolute Gasteiger partial charge is 0.481 e. The Balaban J connectivity index is 3.47. The minimum atomic E-state index is -0.774. The van der Waals surface area contributed by atoms with Crippen molar-refractivity contribution in [2.45, 2.75) is 109 Å². The van der Waals surface area contributed by atoms with Crippen molar-refractivity contribution in [1.29, 1.82) is 0 Å². The number of rotatable bonds is 21. The molecular formula is C25H50NO3+. The van der Waals surface area contributed by atoms with E-state index in [1.807, 2.05) is 0 Å². The van der Waals surface area contributed by atoms with E-state index in [1.54, 1.807) is 0 Å². The number of quaternary nitrogens is 1. The molecule has 0 fully saturated rings. The van der Waals surface area contributed by atoms with E-state index < -0.39 is 5.97 Å². The molecule has 0 heterocycles. The van der Waals surface area contributed by atoms with Gasteiger partial charge in [0.05, 0.1) is 27.6 Å². The highest BCUT2D eigenvalue weighted by Crippen LogP contribution is 2.11. The fraction of sp³-hybridized carbons (Fsp3) is 0.880. The number of allylic oxidation sites excluding steroid dienone is 2. The quantitative estimate of drug-likeness (QED) is 0.131. The molecule has 1 atom stereocenters. The Morgan fingerprint density at radius 3 is 1.79 bits per heavy atom. The second-order valence-electron chi connectivity index (χ2n) is 9.50. The number of ether oxygens (including phenoxy) is 1. The third kappa shape index (κ3) is 23.3. The van der Waals surface area contributed by atoms with Crippen LogP contribution in [0.25, 0.3) is 0 Å². The van der Waals surface area contributed by atoms with Crippen LogP contribution in [-0.2, 0) is 9.53 Å². The molecule has 0 aromatic heterocycles. The van der Waals surface area contributed by atoms with Crippen LogP contribution in [0, 0.1) is 0 Å². The molecule has 0 saturated heterocycles. The van der Waals surface area contributed by atoms with E-state index in [9.17, 15) is 4.79 Å². The van der Waals surface area contributed by atoms with Crippen LogP contribution in [0.4, 0.5) is 0 Å². The van der Waals surface area contributed by atoms with Crippen molar-refractivity contribution in [3.05, 3.63) is 12.2 Å². The van der Waals surface area contributed by atoms with E-state index in [4.69, 9.17) is 9.84 Å². The lowest BCUT2D eigenvalue weighted by molar-refractivity contribution is -0.873. The third-order valence-electron chi connectivity index (χ3n) is 5.16. The van der Waals surface area contributed by atoms with Crippen LogP contribution in [0.3, 0.4) is 0 Å². The highest BCUT2D eigenvalue weighted by atomic mass is 16.5. The van der Waals surface area contributed by atoms with Gasteiger partial charge in [-0.15, -0.1) is 0 Å². The maximum absolute atomic E-state index is 11.0. The Kier molecular flexibility index (Phi) is 18.5. The number of likely N-dealkylation sites (N-methyl/N-ethyl adjacent to an activating group) is 1. The zero-order chi connectivity index (χ0) is 21.8. The summed E-state index contributed by atoms with van der Waals surface area (Å²) in [5.74, 6) is -0.774. The molecule has 1 N–H and O–H groups in total. The van der Waals surface area contributed by atoms with Crippen LogP contribution in [0.1, 0.15) is 103 Å². The predicted octanol–water partition coefficient (Wildman–Crippen LogP) is 6.59. The molecule has 0 aliphatic heterocycles. The lowest BCUT2D eigenvalue weighted by atomic mass is 10.1. The van der Waals surface area contributed by atoms with Crippen molar-refractivity contribution in [3.63, 3.8) is 0 Å². The van der Waals surface area contributed by atoms with Gasteiger partial charge in [0.25, 0.3) is 0 Å². The topological polar surface area (TPSA) is 46.5 Å². The molecule has 0 aliphatic carbocycles. The molecule has 0 amide bonds. The average Bonchev–Trinajstić information content (AvgIpc) is 2.62. The normalized spacial score (nSPS) is 13.2. The van der Waals surface area contributed by atoms with Crippen LogP contribution in [0.2, 0.25) is 0 Å². The zero-order valence-corrected chi connectivity index (χ0v) is 20.0. The fourth-order valence-corrected chi connectivity index (χ4v) is 3.58. The number of carbonyl (C=O) groups is 1. The van der Waals surface area contributed by atoms with E-state index in [0.29, 0.717) is 6.61 Å². The number of aliphatic carboxylic acids is 1. The van der Waals surface area contributed by atoms with Crippen molar-refractivity contribution in [2.75, 3.05) is 34.3 Å². The van der Waals surface area contributed by atoms with Crippen LogP contribution in [0.15, 0.2) is 12.2 Å². The van der Waals surface area contributed by atoms with Gasteiger partial charge in [0.2, 0.25) is 0 Å². The second-order valence-corrected chi connectivity index (χ2v) is 9.50. The monoisotopic (exact) mass is 412 g/mol. The molecule has 0 aromatic rings. The molecule has 172 valence electrons. The summed E-state index contributed by atoms with van der Waals surface area (Å²) < 4.78 is 6.57. The standard InChI is InChI=1S/C25H49NO3/c1-5-6-7-8-9-10-11-12-13-14-15-16-17-18-19-20-21-29-24(22-25(27)28)23-26(2,3)4/h12-13,24H,5-11,14-23H2,1-4H3/p+1/b13-12-/t24-/m1/s1. The lowest BCUT2D eigenvalue weighted by Crippen LogP contribution is -2.43. The van der Waals surface area contributed by atoms with Gasteiger partial charge in [0, 0.05) is 6.61 Å². The molecule has 0 aliphatic rings. The maximum Gasteiger partial charge on any atom is 0.306 e. The van der Waals surface area contributed by atoms with Crippen LogP contribution < -0.4 is 0 Å². The highest BCUT2D eigenvalue weighted by Gasteiger charge is 2.21. The molecule has 0 spiro atoms. The molecule has 0 aromatic carbocycles. The molecule has 0 radical (unpaired) electrons. The second kappa shape index (κ2) is 19.1. The van der Waals surface area contributed by atoms with E-state index in [-0.39, 0.29) is 12.5 Å². The smallest absolute Gasteiger partial charge is 0.306 e. The summed E-state index contributed by atoms with van der Waals surface area (Å²) in [6.45, 7) is 3.68. The number of unbranched alkanes of at least 4 members (excludes halogenated alkanes) is 12. The summed E-state index contributed by atoms with van der Waals surface area (Å²) >= 11 is 0. The highest BCUT2D eigenvalue weighted by molar-refractivity contribution is 5.67. The summed E-state index contributed by atoms with van der Waals surface area (Å²) in [6.07, 6.45) is 22.8. The van der Waals surface area contributed by atoms with Crippen LogP contribution in [0.5, 0.6) is 0 Å². The van der Waals surface area contributed by atoms with Gasteiger partial charge in [-0.3, -0.25) is 4.79 Å². The summed E-state index contributed by atoms with van der Waals surface area (Å²) in [5, 5.41) is 9.03. The first-order chi connectivity index (χ1) is 13.8. The Bertz CT molecular complexity index is 401. The molecule has 0 unspecified atom stereocenters.